The first kappa shape index (κ1) is 18.6. The van der Waals surface area contributed by atoms with Crippen molar-refractivity contribution in [1.29, 1.82) is 0 Å². The van der Waals surface area contributed by atoms with Crippen LogP contribution in [0.3, 0.4) is 0 Å². The minimum Gasteiger partial charge on any atom is -0.366 e. The third-order valence-corrected chi connectivity index (χ3v) is 5.22. The number of anilines is 1. The fraction of sp³-hybridized carbons (Fsp3) is 0.368. The SMILES string of the molecule is Cc1nc(CN2CCN(c3cnn(Cc4ccccc4)c(=O)c3Cl)CC2)n[nH]1. The first-order chi connectivity index (χ1) is 13.6. The normalized spacial score (nSPS) is 15.1. The van der Waals surface area contributed by atoms with Gasteiger partial charge in [-0.3, -0.25) is 14.8 Å². The first-order valence-electron chi connectivity index (χ1n) is 9.25. The zero-order valence-electron chi connectivity index (χ0n) is 15.7. The number of rotatable bonds is 5. The molecule has 28 heavy (non-hydrogen) atoms. The highest BCUT2D eigenvalue weighted by molar-refractivity contribution is 6.33. The molecule has 0 saturated carbocycles. The fourth-order valence-corrected chi connectivity index (χ4v) is 3.62. The fourth-order valence-electron chi connectivity index (χ4n) is 3.35. The molecule has 0 amide bonds. The molecule has 0 bridgehead atoms. The van der Waals surface area contributed by atoms with Crippen molar-refractivity contribution in [3.63, 3.8) is 0 Å². The van der Waals surface area contributed by atoms with Crippen LogP contribution >= 0.6 is 11.6 Å². The van der Waals surface area contributed by atoms with Crippen molar-refractivity contribution in [1.82, 2.24) is 29.9 Å². The molecule has 0 unspecified atom stereocenters. The topological polar surface area (TPSA) is 82.9 Å². The van der Waals surface area contributed by atoms with Gasteiger partial charge in [0.25, 0.3) is 5.56 Å². The van der Waals surface area contributed by atoms with Crippen molar-refractivity contribution in [3.8, 4) is 0 Å². The van der Waals surface area contributed by atoms with E-state index < -0.39 is 0 Å². The van der Waals surface area contributed by atoms with Crippen LogP contribution < -0.4 is 10.5 Å². The molecule has 0 radical (unpaired) electrons. The van der Waals surface area contributed by atoms with Crippen LogP contribution in [0.25, 0.3) is 0 Å². The Labute approximate surface area is 167 Å². The van der Waals surface area contributed by atoms with E-state index >= 15 is 0 Å². The molecule has 3 aromatic rings. The highest BCUT2D eigenvalue weighted by Gasteiger charge is 2.22. The van der Waals surface area contributed by atoms with Gasteiger partial charge in [-0.2, -0.15) is 10.2 Å². The van der Waals surface area contributed by atoms with Crippen molar-refractivity contribution in [2.45, 2.75) is 20.0 Å². The molecule has 1 saturated heterocycles. The van der Waals surface area contributed by atoms with E-state index in [4.69, 9.17) is 11.6 Å². The second-order valence-corrected chi connectivity index (χ2v) is 7.27. The van der Waals surface area contributed by atoms with E-state index in [1.165, 1.54) is 4.68 Å². The molecule has 4 rings (SSSR count). The molecule has 9 heteroatoms. The molecule has 2 aromatic heterocycles. The maximum atomic E-state index is 12.7. The second kappa shape index (κ2) is 8.12. The summed E-state index contributed by atoms with van der Waals surface area (Å²) in [5.41, 5.74) is 1.45. The standard InChI is InChI=1S/C19H22ClN7O/c1-14-22-17(24-23-14)13-25-7-9-26(10-8-25)16-11-21-27(19(28)18(16)20)12-15-5-3-2-4-6-15/h2-6,11H,7-10,12-13H2,1H3,(H,22,23,24). The zero-order chi connectivity index (χ0) is 19.5. The minimum atomic E-state index is -0.262. The number of nitrogens with zero attached hydrogens (tertiary/aromatic N) is 6. The highest BCUT2D eigenvalue weighted by Crippen LogP contribution is 2.22. The van der Waals surface area contributed by atoms with Gasteiger partial charge in [0.15, 0.2) is 5.82 Å². The molecule has 1 N–H and O–H groups in total. The number of halogens is 1. The predicted molar refractivity (Wildman–Crippen MR) is 108 cm³/mol. The summed E-state index contributed by atoms with van der Waals surface area (Å²) >= 11 is 6.41. The summed E-state index contributed by atoms with van der Waals surface area (Å²) in [6, 6.07) is 9.75. The van der Waals surface area contributed by atoms with Crippen molar-refractivity contribution in [2.75, 3.05) is 31.1 Å². The van der Waals surface area contributed by atoms with Gasteiger partial charge in [0.2, 0.25) is 0 Å². The number of nitrogens with one attached hydrogen (secondary N) is 1. The van der Waals surface area contributed by atoms with Gasteiger partial charge in [0.05, 0.1) is 25.0 Å². The first-order valence-corrected chi connectivity index (χ1v) is 9.62. The van der Waals surface area contributed by atoms with Gasteiger partial charge >= 0.3 is 0 Å². The van der Waals surface area contributed by atoms with Gasteiger partial charge in [0.1, 0.15) is 10.8 Å². The molecular weight excluding hydrogens is 378 g/mol. The molecule has 1 fully saturated rings. The third kappa shape index (κ3) is 4.07. The highest BCUT2D eigenvalue weighted by atomic mass is 35.5. The summed E-state index contributed by atoms with van der Waals surface area (Å²) in [6.45, 7) is 6.24. The molecule has 0 aliphatic carbocycles. The number of hydrogen-bond donors (Lipinski definition) is 1. The van der Waals surface area contributed by atoms with Gasteiger partial charge in [-0.25, -0.2) is 9.67 Å². The van der Waals surface area contributed by atoms with Crippen molar-refractivity contribution >= 4 is 17.3 Å². The Bertz CT molecular complexity index is 993. The van der Waals surface area contributed by atoms with Gasteiger partial charge in [-0.05, 0) is 12.5 Å². The Morgan fingerprint density at radius 1 is 1.11 bits per heavy atom. The Balaban J connectivity index is 1.42. The van der Waals surface area contributed by atoms with E-state index in [2.05, 4.69) is 30.1 Å². The zero-order valence-corrected chi connectivity index (χ0v) is 16.4. The largest absolute Gasteiger partial charge is 0.366 e. The lowest BCUT2D eigenvalue weighted by Crippen LogP contribution is -2.46. The summed E-state index contributed by atoms with van der Waals surface area (Å²) < 4.78 is 1.41. The number of hydrogen-bond acceptors (Lipinski definition) is 6. The Kier molecular flexibility index (Phi) is 5.40. The van der Waals surface area contributed by atoms with Crippen LogP contribution in [0.2, 0.25) is 5.02 Å². The number of benzene rings is 1. The molecular formula is C19H22ClN7O. The number of aromatic nitrogens is 5. The third-order valence-electron chi connectivity index (χ3n) is 4.86. The van der Waals surface area contributed by atoms with E-state index in [1.54, 1.807) is 6.20 Å². The van der Waals surface area contributed by atoms with Crippen LogP contribution in [0, 0.1) is 6.92 Å². The quantitative estimate of drug-likeness (QED) is 0.703. The summed E-state index contributed by atoms with van der Waals surface area (Å²) in [6.07, 6.45) is 1.70. The smallest absolute Gasteiger partial charge is 0.287 e. The second-order valence-electron chi connectivity index (χ2n) is 6.89. The van der Waals surface area contributed by atoms with Crippen LogP contribution in [-0.4, -0.2) is 56.0 Å². The average molecular weight is 400 g/mol. The molecule has 1 aliphatic heterocycles. The molecule has 0 spiro atoms. The summed E-state index contributed by atoms with van der Waals surface area (Å²) in [5.74, 6) is 1.62. The lowest BCUT2D eigenvalue weighted by Gasteiger charge is -2.35. The van der Waals surface area contributed by atoms with E-state index in [1.807, 2.05) is 37.3 Å². The van der Waals surface area contributed by atoms with Crippen molar-refractivity contribution in [3.05, 3.63) is 69.1 Å². The minimum absolute atomic E-state index is 0.226. The van der Waals surface area contributed by atoms with Crippen LogP contribution in [0.4, 0.5) is 5.69 Å². The molecule has 3 heterocycles. The summed E-state index contributed by atoms with van der Waals surface area (Å²) in [4.78, 5) is 21.4. The van der Waals surface area contributed by atoms with Gasteiger partial charge in [-0.1, -0.05) is 41.9 Å². The Morgan fingerprint density at radius 3 is 2.54 bits per heavy atom. The van der Waals surface area contributed by atoms with Crippen molar-refractivity contribution in [2.24, 2.45) is 0 Å². The maximum Gasteiger partial charge on any atom is 0.287 e. The molecule has 146 valence electrons. The number of H-pyrrole nitrogens is 1. The van der Waals surface area contributed by atoms with Gasteiger partial charge in [-0.15, -0.1) is 0 Å². The maximum absolute atomic E-state index is 12.7. The average Bonchev–Trinajstić information content (AvgIpc) is 3.12. The number of piperazine rings is 1. The number of aryl methyl sites for hydroxylation is 1. The van der Waals surface area contributed by atoms with E-state index in [-0.39, 0.29) is 10.6 Å². The summed E-state index contributed by atoms with van der Waals surface area (Å²) in [7, 11) is 0. The van der Waals surface area contributed by atoms with E-state index in [0.717, 1.165) is 43.4 Å². The van der Waals surface area contributed by atoms with Crippen molar-refractivity contribution < 1.29 is 0 Å². The van der Waals surface area contributed by atoms with Crippen LogP contribution in [0.1, 0.15) is 17.2 Å². The predicted octanol–water partition coefficient (Wildman–Crippen LogP) is 1.69. The molecule has 1 aromatic carbocycles. The molecule has 0 atom stereocenters. The number of aromatic amines is 1. The van der Waals surface area contributed by atoms with Gasteiger partial charge in [0, 0.05) is 26.2 Å². The Hall–Kier alpha value is -2.71. The van der Waals surface area contributed by atoms with E-state index in [9.17, 15) is 4.79 Å². The van der Waals surface area contributed by atoms with Crippen LogP contribution in [0.5, 0.6) is 0 Å². The van der Waals surface area contributed by atoms with Crippen LogP contribution in [-0.2, 0) is 13.1 Å². The monoisotopic (exact) mass is 399 g/mol. The van der Waals surface area contributed by atoms with Crippen LogP contribution in [0.15, 0.2) is 41.3 Å². The summed E-state index contributed by atoms with van der Waals surface area (Å²) in [5, 5.41) is 11.6. The molecule has 8 nitrogen and oxygen atoms in total. The Morgan fingerprint density at radius 2 is 1.86 bits per heavy atom. The lowest BCUT2D eigenvalue weighted by atomic mass is 10.2. The lowest BCUT2D eigenvalue weighted by molar-refractivity contribution is 0.244. The van der Waals surface area contributed by atoms with Gasteiger partial charge < -0.3 is 4.90 Å². The molecule has 1 aliphatic rings. The van der Waals surface area contributed by atoms with E-state index in [0.29, 0.717) is 18.8 Å².